The first-order valence-corrected chi connectivity index (χ1v) is 13.1. The van der Waals surface area contributed by atoms with Gasteiger partial charge < -0.3 is 9.47 Å². The summed E-state index contributed by atoms with van der Waals surface area (Å²) in [6.45, 7) is 7.14. The predicted molar refractivity (Wildman–Crippen MR) is 140 cm³/mol. The number of pyridine rings is 1. The Balaban J connectivity index is 1.83. The number of para-hydroxylation sites is 1. The highest BCUT2D eigenvalue weighted by Gasteiger charge is 2.32. The number of aromatic nitrogens is 6. The van der Waals surface area contributed by atoms with Crippen molar-refractivity contribution in [3.05, 3.63) is 66.0 Å². The van der Waals surface area contributed by atoms with Crippen LogP contribution in [0.4, 0.5) is 5.95 Å². The molecule has 1 N–H and O–H groups in total. The fourth-order valence-corrected chi connectivity index (χ4v) is 5.09. The van der Waals surface area contributed by atoms with Gasteiger partial charge in [-0.15, -0.1) is 10.2 Å². The second-order valence-corrected chi connectivity index (χ2v) is 10.7. The molecule has 4 aromatic rings. The second kappa shape index (κ2) is 10.5. The molecule has 4 rings (SSSR count). The zero-order valence-corrected chi connectivity index (χ0v) is 22.3. The minimum atomic E-state index is -3.96. The van der Waals surface area contributed by atoms with Crippen molar-refractivity contribution in [3.8, 4) is 28.6 Å². The van der Waals surface area contributed by atoms with E-state index in [4.69, 9.17) is 9.47 Å². The van der Waals surface area contributed by atoms with Crippen LogP contribution in [-0.4, -0.2) is 57.6 Å². The van der Waals surface area contributed by atoms with Gasteiger partial charge >= 0.3 is 0 Å². The third-order valence-electron chi connectivity index (χ3n) is 6.12. The van der Waals surface area contributed by atoms with E-state index in [1.807, 2.05) is 19.9 Å². The molecule has 0 spiro atoms. The van der Waals surface area contributed by atoms with Crippen molar-refractivity contribution in [2.45, 2.75) is 38.9 Å². The number of rotatable bonds is 9. The lowest BCUT2D eigenvalue weighted by Crippen LogP contribution is -2.31. The lowest BCUT2D eigenvalue weighted by molar-refractivity contribution is 0.391. The molecule has 3 aromatic heterocycles. The van der Waals surface area contributed by atoms with Crippen molar-refractivity contribution in [3.63, 3.8) is 0 Å². The van der Waals surface area contributed by atoms with Crippen LogP contribution in [0.2, 0.25) is 0 Å². The number of nitrogens with one attached hydrogen (secondary N) is 1. The Morgan fingerprint density at radius 3 is 2.24 bits per heavy atom. The summed E-state index contributed by atoms with van der Waals surface area (Å²) in [6.07, 6.45) is 6.56. The van der Waals surface area contributed by atoms with Crippen molar-refractivity contribution in [1.82, 2.24) is 29.7 Å². The van der Waals surface area contributed by atoms with E-state index < -0.39 is 21.2 Å². The molecule has 194 valence electrons. The molecule has 3 heterocycles. The maximum atomic E-state index is 13.6. The van der Waals surface area contributed by atoms with Gasteiger partial charge in [0.1, 0.15) is 17.2 Å². The number of anilines is 1. The number of sulfonamides is 1. The molecule has 0 aliphatic rings. The molecule has 0 saturated carbocycles. The van der Waals surface area contributed by atoms with Gasteiger partial charge in [0.2, 0.25) is 16.0 Å². The second-order valence-electron chi connectivity index (χ2n) is 8.67. The summed E-state index contributed by atoms with van der Waals surface area (Å²) in [4.78, 5) is 12.9. The number of methoxy groups -OCH3 is 2. The number of ether oxygens (including phenoxy) is 2. The van der Waals surface area contributed by atoms with Crippen LogP contribution in [0.15, 0.2) is 49.1 Å². The van der Waals surface area contributed by atoms with Crippen LogP contribution in [0.5, 0.6) is 11.5 Å². The molecule has 37 heavy (non-hydrogen) atoms. The topological polar surface area (TPSA) is 134 Å². The van der Waals surface area contributed by atoms with E-state index in [1.165, 1.54) is 14.2 Å². The van der Waals surface area contributed by atoms with Crippen molar-refractivity contribution >= 4 is 16.0 Å². The van der Waals surface area contributed by atoms with E-state index in [9.17, 15) is 8.42 Å². The maximum Gasteiger partial charge on any atom is 0.243 e. The first kappa shape index (κ1) is 26.0. The van der Waals surface area contributed by atoms with E-state index in [2.05, 4.69) is 29.9 Å². The van der Waals surface area contributed by atoms with Gasteiger partial charge in [-0.25, -0.2) is 8.42 Å². The molecule has 2 atom stereocenters. The van der Waals surface area contributed by atoms with Gasteiger partial charge in [0.25, 0.3) is 0 Å². The largest absolute Gasteiger partial charge is 0.494 e. The molecule has 11 nitrogen and oxygen atoms in total. The average Bonchev–Trinajstić information content (AvgIpc) is 3.29. The highest BCUT2D eigenvalue weighted by Crippen LogP contribution is 2.38. The molecule has 12 heteroatoms. The minimum Gasteiger partial charge on any atom is -0.494 e. The molecule has 0 aliphatic heterocycles. The van der Waals surface area contributed by atoms with Crippen LogP contribution in [0, 0.1) is 13.8 Å². The van der Waals surface area contributed by atoms with Gasteiger partial charge in [-0.05, 0) is 44.5 Å². The lowest BCUT2D eigenvalue weighted by Gasteiger charge is -2.21. The SMILES string of the molecule is COc1cccc(OC)c1-n1c(NS(=O)(=O)[C@H](C)[C@@H](C)c2cnc(C)cn2)nnc1-c1cncc(C)c1. The van der Waals surface area contributed by atoms with Gasteiger partial charge in [-0.1, -0.05) is 13.0 Å². The van der Waals surface area contributed by atoms with E-state index in [0.717, 1.165) is 11.3 Å². The van der Waals surface area contributed by atoms with E-state index in [1.54, 1.807) is 61.4 Å². The van der Waals surface area contributed by atoms with Gasteiger partial charge in [0.15, 0.2) is 5.82 Å². The van der Waals surface area contributed by atoms with E-state index in [0.29, 0.717) is 34.3 Å². The minimum absolute atomic E-state index is 0.0200. The summed E-state index contributed by atoms with van der Waals surface area (Å²) in [5.41, 5.74) is 3.31. The highest BCUT2D eigenvalue weighted by atomic mass is 32.2. The number of hydrogen-bond donors (Lipinski definition) is 1. The zero-order valence-electron chi connectivity index (χ0n) is 21.5. The fraction of sp³-hybridized carbons (Fsp3) is 0.320. The quantitative estimate of drug-likeness (QED) is 0.348. The molecular weight excluding hydrogens is 494 g/mol. The molecule has 0 aliphatic carbocycles. The standard InChI is InChI=1S/C25H29N7O4S/c1-15-10-19(13-26-11-15)24-29-30-25(32(24)23-21(35-5)8-7-9-22(23)36-6)31-37(33,34)18(4)17(3)20-14-27-16(2)12-28-20/h7-14,17-18H,1-6H3,(H,30,31)/t17-,18-/m1/s1. The molecule has 0 fully saturated rings. The summed E-state index contributed by atoms with van der Waals surface area (Å²) in [6, 6.07) is 7.15. The summed E-state index contributed by atoms with van der Waals surface area (Å²) >= 11 is 0. The first-order chi connectivity index (χ1) is 17.7. The zero-order chi connectivity index (χ0) is 26.7. The third kappa shape index (κ3) is 5.24. The van der Waals surface area contributed by atoms with Gasteiger partial charge in [-0.3, -0.25) is 24.2 Å². The Bertz CT molecular complexity index is 1480. The van der Waals surface area contributed by atoms with E-state index in [-0.39, 0.29) is 5.95 Å². The monoisotopic (exact) mass is 523 g/mol. The molecule has 0 amide bonds. The van der Waals surface area contributed by atoms with Gasteiger partial charge in [0, 0.05) is 36.3 Å². The summed E-state index contributed by atoms with van der Waals surface area (Å²) in [5.74, 6) is 0.786. The van der Waals surface area contributed by atoms with Crippen LogP contribution in [0.25, 0.3) is 17.1 Å². The summed E-state index contributed by atoms with van der Waals surface area (Å²) in [5, 5.41) is 7.68. The summed E-state index contributed by atoms with van der Waals surface area (Å²) in [7, 11) is -0.915. The molecular formula is C25H29N7O4S. The Hall–Kier alpha value is -4.06. The van der Waals surface area contributed by atoms with Crippen LogP contribution >= 0.6 is 0 Å². The van der Waals surface area contributed by atoms with Crippen molar-refractivity contribution in [2.75, 3.05) is 18.9 Å². The predicted octanol–water partition coefficient (Wildman–Crippen LogP) is 3.69. The normalized spacial score (nSPS) is 13.1. The van der Waals surface area contributed by atoms with Crippen molar-refractivity contribution < 1.29 is 17.9 Å². The Kier molecular flexibility index (Phi) is 7.39. The van der Waals surface area contributed by atoms with Crippen molar-refractivity contribution in [1.29, 1.82) is 0 Å². The number of nitrogens with zero attached hydrogens (tertiary/aromatic N) is 6. The Labute approximate surface area is 216 Å². The van der Waals surface area contributed by atoms with Crippen LogP contribution in [0.3, 0.4) is 0 Å². The molecule has 0 saturated heterocycles. The number of benzene rings is 1. The lowest BCUT2D eigenvalue weighted by atomic mass is 10.1. The first-order valence-electron chi connectivity index (χ1n) is 11.5. The van der Waals surface area contributed by atoms with Gasteiger partial charge in [0.05, 0.1) is 30.9 Å². The Morgan fingerprint density at radius 2 is 1.65 bits per heavy atom. The van der Waals surface area contributed by atoms with Crippen LogP contribution < -0.4 is 14.2 Å². The molecule has 0 bridgehead atoms. The Morgan fingerprint density at radius 1 is 0.946 bits per heavy atom. The number of hydrogen-bond acceptors (Lipinski definition) is 9. The maximum absolute atomic E-state index is 13.6. The average molecular weight is 524 g/mol. The van der Waals surface area contributed by atoms with Gasteiger partial charge in [-0.2, -0.15) is 0 Å². The highest BCUT2D eigenvalue weighted by molar-refractivity contribution is 7.93. The fourth-order valence-electron chi connectivity index (χ4n) is 3.85. The third-order valence-corrected chi connectivity index (χ3v) is 7.97. The van der Waals surface area contributed by atoms with Crippen LogP contribution in [0.1, 0.15) is 36.7 Å². The van der Waals surface area contributed by atoms with Crippen molar-refractivity contribution in [2.24, 2.45) is 0 Å². The number of aryl methyl sites for hydroxylation is 2. The smallest absolute Gasteiger partial charge is 0.243 e. The van der Waals surface area contributed by atoms with E-state index >= 15 is 0 Å². The molecule has 1 aromatic carbocycles. The van der Waals surface area contributed by atoms with Crippen LogP contribution in [-0.2, 0) is 10.0 Å². The summed E-state index contributed by atoms with van der Waals surface area (Å²) < 4.78 is 42.5. The molecule has 0 unspecified atom stereocenters. The molecule has 0 radical (unpaired) electrons.